The summed E-state index contributed by atoms with van der Waals surface area (Å²) in [6.07, 6.45) is 6.34. The summed E-state index contributed by atoms with van der Waals surface area (Å²) >= 11 is 0. The van der Waals surface area contributed by atoms with E-state index in [1.54, 1.807) is 0 Å². The number of amides is 2. The van der Waals surface area contributed by atoms with Crippen molar-refractivity contribution in [1.29, 1.82) is 0 Å². The van der Waals surface area contributed by atoms with Gasteiger partial charge >= 0.3 is 0 Å². The van der Waals surface area contributed by atoms with Crippen molar-refractivity contribution in [2.24, 2.45) is 0 Å². The summed E-state index contributed by atoms with van der Waals surface area (Å²) in [5.41, 5.74) is 1.50. The van der Waals surface area contributed by atoms with E-state index in [0.29, 0.717) is 31.1 Å². The predicted octanol–water partition coefficient (Wildman–Crippen LogP) is 2.79. The van der Waals surface area contributed by atoms with E-state index in [2.05, 4.69) is 10.3 Å². The van der Waals surface area contributed by atoms with Gasteiger partial charge in [0.25, 0.3) is 0 Å². The standard InChI is InChI=1S/C20H25N3O3/c24-18(21-11-7-13-23-12-6-2-5-10-19(23)25)14-17-15-26-20(22-17)16-8-3-1-4-9-16/h1,3-4,8-9,15H,2,5-7,10-14H2,(H,21,24). The molecule has 1 fully saturated rings. The Morgan fingerprint density at radius 3 is 2.88 bits per heavy atom. The quantitative estimate of drug-likeness (QED) is 0.775. The summed E-state index contributed by atoms with van der Waals surface area (Å²) in [7, 11) is 0. The molecule has 2 amide bonds. The highest BCUT2D eigenvalue weighted by Crippen LogP contribution is 2.18. The van der Waals surface area contributed by atoms with Crippen LogP contribution in [-0.2, 0) is 16.0 Å². The fourth-order valence-electron chi connectivity index (χ4n) is 3.10. The van der Waals surface area contributed by atoms with Gasteiger partial charge in [0.1, 0.15) is 6.26 Å². The van der Waals surface area contributed by atoms with Crippen molar-refractivity contribution in [2.45, 2.75) is 38.5 Å². The lowest BCUT2D eigenvalue weighted by Crippen LogP contribution is -2.34. The number of carbonyl (C=O) groups excluding carboxylic acids is 2. The maximum Gasteiger partial charge on any atom is 0.226 e. The SMILES string of the molecule is O=C(Cc1coc(-c2ccccc2)n1)NCCCN1CCCCCC1=O. The normalized spacial score (nSPS) is 14.9. The van der Waals surface area contributed by atoms with Gasteiger partial charge in [-0.2, -0.15) is 0 Å². The fourth-order valence-corrected chi connectivity index (χ4v) is 3.10. The molecule has 1 aromatic carbocycles. The van der Waals surface area contributed by atoms with Crippen LogP contribution in [0.5, 0.6) is 0 Å². The van der Waals surface area contributed by atoms with Crippen molar-refractivity contribution >= 4 is 11.8 Å². The van der Waals surface area contributed by atoms with Crippen molar-refractivity contribution in [3.63, 3.8) is 0 Å². The zero-order valence-corrected chi connectivity index (χ0v) is 14.9. The van der Waals surface area contributed by atoms with E-state index in [4.69, 9.17) is 4.42 Å². The lowest BCUT2D eigenvalue weighted by atomic mass is 10.2. The van der Waals surface area contributed by atoms with Crippen LogP contribution in [0.3, 0.4) is 0 Å². The second-order valence-corrected chi connectivity index (χ2v) is 6.58. The molecule has 2 heterocycles. The van der Waals surface area contributed by atoms with E-state index >= 15 is 0 Å². The zero-order chi connectivity index (χ0) is 18.2. The van der Waals surface area contributed by atoms with Crippen LogP contribution in [0.15, 0.2) is 41.0 Å². The van der Waals surface area contributed by atoms with Crippen molar-refractivity contribution < 1.29 is 14.0 Å². The summed E-state index contributed by atoms with van der Waals surface area (Å²) in [4.78, 5) is 30.3. The van der Waals surface area contributed by atoms with Crippen LogP contribution in [0.2, 0.25) is 0 Å². The average Bonchev–Trinajstić information content (AvgIpc) is 3.02. The Bertz CT molecular complexity index is 727. The Kier molecular flexibility index (Phi) is 6.41. The third kappa shape index (κ3) is 5.18. The number of hydrogen-bond acceptors (Lipinski definition) is 4. The summed E-state index contributed by atoms with van der Waals surface area (Å²) in [5.74, 6) is 0.679. The summed E-state index contributed by atoms with van der Waals surface area (Å²) < 4.78 is 5.44. The molecule has 1 aliphatic heterocycles. The second-order valence-electron chi connectivity index (χ2n) is 6.58. The van der Waals surface area contributed by atoms with Crippen LogP contribution in [0.25, 0.3) is 11.5 Å². The number of nitrogens with one attached hydrogen (secondary N) is 1. The van der Waals surface area contributed by atoms with E-state index < -0.39 is 0 Å². The number of aromatic nitrogens is 1. The molecule has 3 rings (SSSR count). The molecule has 0 saturated carbocycles. The van der Waals surface area contributed by atoms with Gasteiger partial charge in [-0.3, -0.25) is 9.59 Å². The van der Waals surface area contributed by atoms with Gasteiger partial charge in [-0.1, -0.05) is 24.6 Å². The molecule has 1 aliphatic rings. The number of oxazole rings is 1. The van der Waals surface area contributed by atoms with E-state index in [9.17, 15) is 9.59 Å². The predicted molar refractivity (Wildman–Crippen MR) is 98.3 cm³/mol. The Morgan fingerprint density at radius 1 is 1.19 bits per heavy atom. The van der Waals surface area contributed by atoms with Gasteiger partial charge in [0.2, 0.25) is 17.7 Å². The molecule has 1 aromatic heterocycles. The molecule has 6 heteroatoms. The Morgan fingerprint density at radius 2 is 2.04 bits per heavy atom. The fraction of sp³-hybridized carbons (Fsp3) is 0.450. The van der Waals surface area contributed by atoms with Gasteiger partial charge in [-0.25, -0.2) is 4.98 Å². The maximum absolute atomic E-state index is 12.1. The topological polar surface area (TPSA) is 75.4 Å². The number of hydrogen-bond donors (Lipinski definition) is 1. The molecule has 26 heavy (non-hydrogen) atoms. The van der Waals surface area contributed by atoms with Crippen LogP contribution >= 0.6 is 0 Å². The van der Waals surface area contributed by atoms with Crippen molar-refractivity contribution in [3.05, 3.63) is 42.3 Å². The zero-order valence-electron chi connectivity index (χ0n) is 14.9. The minimum absolute atomic E-state index is 0.0832. The minimum atomic E-state index is -0.0832. The first-order valence-corrected chi connectivity index (χ1v) is 9.26. The first-order chi connectivity index (χ1) is 12.7. The molecule has 0 radical (unpaired) electrons. The lowest BCUT2D eigenvalue weighted by molar-refractivity contribution is -0.130. The molecule has 6 nitrogen and oxygen atoms in total. The van der Waals surface area contributed by atoms with Crippen LogP contribution in [0.1, 0.15) is 37.8 Å². The molecule has 0 unspecified atom stereocenters. The Balaban J connectivity index is 1.39. The maximum atomic E-state index is 12.1. The lowest BCUT2D eigenvalue weighted by Gasteiger charge is -2.20. The smallest absolute Gasteiger partial charge is 0.226 e. The van der Waals surface area contributed by atoms with Crippen molar-refractivity contribution in [2.75, 3.05) is 19.6 Å². The molecular weight excluding hydrogens is 330 g/mol. The van der Waals surface area contributed by atoms with Gasteiger partial charge < -0.3 is 14.6 Å². The van der Waals surface area contributed by atoms with Gasteiger partial charge in [-0.05, 0) is 31.4 Å². The minimum Gasteiger partial charge on any atom is -0.444 e. The van der Waals surface area contributed by atoms with Crippen LogP contribution in [0.4, 0.5) is 0 Å². The monoisotopic (exact) mass is 355 g/mol. The second kappa shape index (κ2) is 9.17. The molecule has 2 aromatic rings. The number of benzene rings is 1. The first-order valence-electron chi connectivity index (χ1n) is 9.26. The largest absolute Gasteiger partial charge is 0.444 e. The van der Waals surface area contributed by atoms with Crippen LogP contribution in [0, 0.1) is 0 Å². The van der Waals surface area contributed by atoms with Crippen molar-refractivity contribution in [3.8, 4) is 11.5 Å². The highest BCUT2D eigenvalue weighted by atomic mass is 16.3. The summed E-state index contributed by atoms with van der Waals surface area (Å²) in [5, 5.41) is 2.89. The van der Waals surface area contributed by atoms with Gasteiger partial charge in [0, 0.05) is 31.6 Å². The molecular formula is C20H25N3O3. The Hall–Kier alpha value is -2.63. The molecule has 0 atom stereocenters. The number of nitrogens with zero attached hydrogens (tertiary/aromatic N) is 2. The molecule has 0 spiro atoms. The van der Waals surface area contributed by atoms with Crippen LogP contribution < -0.4 is 5.32 Å². The van der Waals surface area contributed by atoms with E-state index in [0.717, 1.165) is 37.8 Å². The first kappa shape index (κ1) is 18.2. The van der Waals surface area contributed by atoms with Crippen molar-refractivity contribution in [1.82, 2.24) is 15.2 Å². The molecule has 0 aliphatic carbocycles. The van der Waals surface area contributed by atoms with Gasteiger partial charge in [0.15, 0.2) is 0 Å². The molecule has 1 saturated heterocycles. The highest BCUT2D eigenvalue weighted by molar-refractivity contribution is 5.78. The Labute approximate surface area is 153 Å². The van der Waals surface area contributed by atoms with E-state index in [1.807, 2.05) is 35.2 Å². The highest BCUT2D eigenvalue weighted by Gasteiger charge is 2.16. The van der Waals surface area contributed by atoms with E-state index in [-0.39, 0.29) is 18.2 Å². The molecule has 138 valence electrons. The van der Waals surface area contributed by atoms with Crippen LogP contribution in [-0.4, -0.2) is 41.3 Å². The number of carbonyl (C=O) groups is 2. The van der Waals surface area contributed by atoms with E-state index in [1.165, 1.54) is 6.26 Å². The third-order valence-electron chi connectivity index (χ3n) is 4.51. The summed E-state index contributed by atoms with van der Waals surface area (Å²) in [6, 6.07) is 9.60. The molecule has 1 N–H and O–H groups in total. The molecule has 0 bridgehead atoms. The van der Waals surface area contributed by atoms with Gasteiger partial charge in [-0.15, -0.1) is 0 Å². The third-order valence-corrected chi connectivity index (χ3v) is 4.51. The average molecular weight is 355 g/mol. The number of likely N-dealkylation sites (tertiary alicyclic amines) is 1. The van der Waals surface area contributed by atoms with Gasteiger partial charge in [0.05, 0.1) is 12.1 Å². The number of rotatable bonds is 7. The summed E-state index contributed by atoms with van der Waals surface area (Å²) in [6.45, 7) is 2.11.